The number of carboxylic acid groups (broad SMARTS) is 1. The Morgan fingerprint density at radius 3 is 2.37 bits per heavy atom. The summed E-state index contributed by atoms with van der Waals surface area (Å²) < 4.78 is 18.5. The summed E-state index contributed by atoms with van der Waals surface area (Å²) in [7, 11) is 1.32. The van der Waals surface area contributed by atoms with Crippen LogP contribution in [0, 0.1) is 5.82 Å². The van der Waals surface area contributed by atoms with Crippen LogP contribution in [0.4, 0.5) is 4.39 Å². The molecule has 2 aromatic carbocycles. The first-order chi connectivity index (χ1) is 12.9. The number of halogens is 1. The molecule has 6 nitrogen and oxygen atoms in total. The van der Waals surface area contributed by atoms with Gasteiger partial charge >= 0.3 is 5.97 Å². The van der Waals surface area contributed by atoms with E-state index in [0.717, 1.165) is 11.6 Å². The number of rotatable bonds is 9. The van der Waals surface area contributed by atoms with Gasteiger partial charge in [-0.15, -0.1) is 0 Å². The third-order valence-electron chi connectivity index (χ3n) is 3.93. The van der Waals surface area contributed by atoms with Crippen molar-refractivity contribution < 1.29 is 28.6 Å². The van der Waals surface area contributed by atoms with Crippen molar-refractivity contribution in [2.24, 2.45) is 0 Å². The third kappa shape index (κ3) is 5.91. The minimum absolute atomic E-state index is 0.0260. The van der Waals surface area contributed by atoms with Crippen LogP contribution < -0.4 is 4.74 Å². The second-order valence-electron chi connectivity index (χ2n) is 5.90. The summed E-state index contributed by atoms with van der Waals surface area (Å²) in [4.78, 5) is 36.8. The highest BCUT2D eigenvalue weighted by molar-refractivity contribution is 5.98. The van der Waals surface area contributed by atoms with Gasteiger partial charge in [0.2, 0.25) is 5.91 Å². The molecule has 1 amide bonds. The quantitative estimate of drug-likeness (QED) is 0.683. The zero-order chi connectivity index (χ0) is 19.8. The highest BCUT2D eigenvalue weighted by Crippen LogP contribution is 2.19. The van der Waals surface area contributed by atoms with Crippen molar-refractivity contribution in [1.29, 1.82) is 0 Å². The van der Waals surface area contributed by atoms with Crippen LogP contribution >= 0.6 is 0 Å². The van der Waals surface area contributed by atoms with Gasteiger partial charge in [0.05, 0.1) is 7.11 Å². The van der Waals surface area contributed by atoms with Crippen LogP contribution in [0.2, 0.25) is 0 Å². The van der Waals surface area contributed by atoms with Crippen molar-refractivity contribution in [2.45, 2.75) is 19.4 Å². The van der Waals surface area contributed by atoms with Crippen molar-refractivity contribution in [3.8, 4) is 5.75 Å². The standard InChI is InChI=1S/C20H20FNO5/c1-27-18-9-7-15(11-16(18)21)17(23)8-10-19(24)22(13-20(25)26)12-14-5-3-2-4-6-14/h2-7,9,11H,8,10,12-13H2,1H3,(H,25,26). The molecule has 0 spiro atoms. The van der Waals surface area contributed by atoms with Crippen molar-refractivity contribution in [2.75, 3.05) is 13.7 Å². The van der Waals surface area contributed by atoms with Crippen LogP contribution in [-0.4, -0.2) is 41.3 Å². The Hall–Kier alpha value is -3.22. The number of methoxy groups -OCH3 is 1. The minimum Gasteiger partial charge on any atom is -0.494 e. The Morgan fingerprint density at radius 1 is 1.07 bits per heavy atom. The topological polar surface area (TPSA) is 83.9 Å². The molecule has 0 saturated carbocycles. The van der Waals surface area contributed by atoms with Gasteiger partial charge in [-0.05, 0) is 23.8 Å². The Morgan fingerprint density at radius 2 is 1.78 bits per heavy atom. The molecule has 2 rings (SSSR count). The minimum atomic E-state index is -1.14. The lowest BCUT2D eigenvalue weighted by Crippen LogP contribution is -2.35. The van der Waals surface area contributed by atoms with E-state index in [1.165, 1.54) is 24.1 Å². The summed E-state index contributed by atoms with van der Waals surface area (Å²) in [6, 6.07) is 12.8. The molecule has 142 valence electrons. The Labute approximate surface area is 156 Å². The fraction of sp³-hybridized carbons (Fsp3) is 0.250. The van der Waals surface area contributed by atoms with Gasteiger partial charge < -0.3 is 14.7 Å². The molecule has 2 aromatic rings. The van der Waals surface area contributed by atoms with E-state index in [1.807, 2.05) is 6.07 Å². The number of amides is 1. The number of benzene rings is 2. The van der Waals surface area contributed by atoms with Crippen LogP contribution in [0.1, 0.15) is 28.8 Å². The molecule has 0 atom stereocenters. The summed E-state index contributed by atoms with van der Waals surface area (Å²) in [5.74, 6) is -2.63. The van der Waals surface area contributed by atoms with Crippen molar-refractivity contribution in [3.63, 3.8) is 0 Å². The van der Waals surface area contributed by atoms with Crippen LogP contribution in [-0.2, 0) is 16.1 Å². The van der Waals surface area contributed by atoms with Gasteiger partial charge in [-0.3, -0.25) is 14.4 Å². The summed E-state index contributed by atoms with van der Waals surface area (Å²) in [6.07, 6.45) is -0.303. The molecule has 0 bridgehead atoms. The van der Waals surface area contributed by atoms with E-state index >= 15 is 0 Å². The zero-order valence-corrected chi connectivity index (χ0v) is 14.9. The van der Waals surface area contributed by atoms with Crippen LogP contribution in [0.5, 0.6) is 5.75 Å². The third-order valence-corrected chi connectivity index (χ3v) is 3.93. The number of nitrogens with zero attached hydrogens (tertiary/aromatic N) is 1. The molecule has 0 radical (unpaired) electrons. The number of aliphatic carboxylic acids is 1. The van der Waals surface area contributed by atoms with Gasteiger partial charge in [0, 0.05) is 24.9 Å². The van der Waals surface area contributed by atoms with E-state index in [0.29, 0.717) is 0 Å². The van der Waals surface area contributed by atoms with Crippen LogP contribution in [0.3, 0.4) is 0 Å². The van der Waals surface area contributed by atoms with E-state index in [2.05, 4.69) is 0 Å². The molecule has 0 aromatic heterocycles. The van der Waals surface area contributed by atoms with Crippen molar-refractivity contribution in [3.05, 3.63) is 65.5 Å². The summed E-state index contributed by atoms with van der Waals surface area (Å²) >= 11 is 0. The summed E-state index contributed by atoms with van der Waals surface area (Å²) in [5, 5.41) is 9.03. The molecule has 27 heavy (non-hydrogen) atoms. The number of carbonyl (C=O) groups excluding carboxylic acids is 2. The van der Waals surface area contributed by atoms with Crippen molar-refractivity contribution >= 4 is 17.7 Å². The normalized spacial score (nSPS) is 10.3. The molecule has 0 aliphatic rings. The molecular weight excluding hydrogens is 353 g/mol. The molecule has 0 fully saturated rings. The lowest BCUT2D eigenvalue weighted by atomic mass is 10.1. The maximum atomic E-state index is 13.7. The molecule has 0 unspecified atom stereocenters. The highest BCUT2D eigenvalue weighted by Gasteiger charge is 2.19. The first kappa shape index (κ1) is 20.1. The number of hydrogen-bond acceptors (Lipinski definition) is 4. The molecule has 1 N–H and O–H groups in total. The van der Waals surface area contributed by atoms with Crippen LogP contribution in [0.25, 0.3) is 0 Å². The smallest absolute Gasteiger partial charge is 0.323 e. The van der Waals surface area contributed by atoms with E-state index < -0.39 is 30.0 Å². The Balaban J connectivity index is 2.00. The number of Topliss-reactive ketones (excluding diaryl/α,β-unsaturated/α-hetero) is 1. The van der Waals surface area contributed by atoms with E-state index in [9.17, 15) is 18.8 Å². The fourth-order valence-electron chi connectivity index (χ4n) is 2.56. The number of hydrogen-bond donors (Lipinski definition) is 1. The van der Waals surface area contributed by atoms with Gasteiger partial charge in [-0.2, -0.15) is 0 Å². The second kappa shape index (κ2) is 9.47. The maximum Gasteiger partial charge on any atom is 0.323 e. The predicted molar refractivity (Wildman–Crippen MR) is 96.0 cm³/mol. The predicted octanol–water partition coefficient (Wildman–Crippen LogP) is 2.91. The number of carboxylic acids is 1. The molecular formula is C20H20FNO5. The first-order valence-electron chi connectivity index (χ1n) is 8.31. The van der Waals surface area contributed by atoms with E-state index in [1.54, 1.807) is 24.3 Å². The summed E-state index contributed by atoms with van der Waals surface area (Å²) in [6.45, 7) is -0.323. The van der Waals surface area contributed by atoms with Crippen molar-refractivity contribution in [1.82, 2.24) is 4.90 Å². The average molecular weight is 373 g/mol. The van der Waals surface area contributed by atoms with Crippen LogP contribution in [0.15, 0.2) is 48.5 Å². The molecule has 0 aliphatic heterocycles. The SMILES string of the molecule is COc1ccc(C(=O)CCC(=O)N(CC(=O)O)Cc2ccccc2)cc1F. The van der Waals surface area contributed by atoms with Gasteiger partial charge in [-0.1, -0.05) is 30.3 Å². The van der Waals surface area contributed by atoms with Gasteiger partial charge in [-0.25, -0.2) is 4.39 Å². The number of carbonyl (C=O) groups is 3. The lowest BCUT2D eigenvalue weighted by Gasteiger charge is -2.20. The molecule has 7 heteroatoms. The van der Waals surface area contributed by atoms with Gasteiger partial charge in [0.1, 0.15) is 6.54 Å². The zero-order valence-electron chi connectivity index (χ0n) is 14.9. The Bertz CT molecular complexity index is 822. The molecule has 0 heterocycles. The second-order valence-corrected chi connectivity index (χ2v) is 5.90. The van der Waals surface area contributed by atoms with Gasteiger partial charge in [0.15, 0.2) is 17.3 Å². The monoisotopic (exact) mass is 373 g/mol. The van der Waals surface area contributed by atoms with E-state index in [-0.39, 0.29) is 30.7 Å². The molecule has 0 saturated heterocycles. The van der Waals surface area contributed by atoms with E-state index in [4.69, 9.17) is 9.84 Å². The number of ether oxygens (including phenoxy) is 1. The summed E-state index contributed by atoms with van der Waals surface area (Å²) in [5.41, 5.74) is 0.921. The average Bonchev–Trinajstić information content (AvgIpc) is 2.65. The van der Waals surface area contributed by atoms with Gasteiger partial charge in [0.25, 0.3) is 0 Å². The fourth-order valence-corrected chi connectivity index (χ4v) is 2.56. The Kier molecular flexibility index (Phi) is 7.05. The first-order valence-corrected chi connectivity index (χ1v) is 8.31. The highest BCUT2D eigenvalue weighted by atomic mass is 19.1. The lowest BCUT2D eigenvalue weighted by molar-refractivity contribution is -0.144. The maximum absolute atomic E-state index is 13.7. The number of ketones is 1. The molecule has 0 aliphatic carbocycles. The largest absolute Gasteiger partial charge is 0.494 e.